The zero-order valence-electron chi connectivity index (χ0n) is 13.3. The van der Waals surface area contributed by atoms with Gasteiger partial charge in [0.05, 0.1) is 6.33 Å². The number of rotatable bonds is 2. The van der Waals surface area contributed by atoms with E-state index in [1.807, 2.05) is 19.1 Å². The van der Waals surface area contributed by atoms with Crippen LogP contribution in [0.15, 0.2) is 41.6 Å². The van der Waals surface area contributed by atoms with Crippen LogP contribution in [-0.4, -0.2) is 46.5 Å². The monoisotopic (exact) mass is 312 g/mol. The highest BCUT2D eigenvalue weighted by atomic mass is 16.2. The van der Waals surface area contributed by atoms with Crippen LogP contribution < -0.4 is 10.5 Å². The number of anilines is 1. The third-order valence-corrected chi connectivity index (χ3v) is 4.29. The zero-order valence-corrected chi connectivity index (χ0v) is 13.3. The molecule has 0 unspecified atom stereocenters. The van der Waals surface area contributed by atoms with E-state index in [1.165, 1.54) is 23.8 Å². The highest BCUT2D eigenvalue weighted by Gasteiger charge is 2.29. The summed E-state index contributed by atoms with van der Waals surface area (Å²) in [5, 5.41) is 0. The van der Waals surface area contributed by atoms with Crippen molar-refractivity contribution in [3.63, 3.8) is 0 Å². The summed E-state index contributed by atoms with van der Waals surface area (Å²) in [4.78, 5) is 34.7. The Morgan fingerprint density at radius 2 is 2.09 bits per heavy atom. The Kier molecular flexibility index (Phi) is 4.14. The van der Waals surface area contributed by atoms with Crippen LogP contribution in [0.3, 0.4) is 0 Å². The van der Waals surface area contributed by atoms with Gasteiger partial charge in [0.25, 0.3) is 11.5 Å². The SMILES string of the molecule is Cc1ccccc1N1CCN(C(=O)c2cnc[nH]c2=O)[C@@H](C)C1. The Morgan fingerprint density at radius 3 is 2.78 bits per heavy atom. The Balaban J connectivity index is 1.77. The largest absolute Gasteiger partial charge is 0.367 e. The number of aryl methyl sites for hydroxylation is 1. The first-order valence-corrected chi connectivity index (χ1v) is 7.72. The zero-order chi connectivity index (χ0) is 16.4. The highest BCUT2D eigenvalue weighted by Crippen LogP contribution is 2.23. The molecule has 120 valence electrons. The number of benzene rings is 1. The van der Waals surface area contributed by atoms with Gasteiger partial charge in [0.2, 0.25) is 0 Å². The van der Waals surface area contributed by atoms with Gasteiger partial charge in [-0.2, -0.15) is 0 Å². The Labute approximate surface area is 134 Å². The van der Waals surface area contributed by atoms with Gasteiger partial charge in [-0.1, -0.05) is 18.2 Å². The summed E-state index contributed by atoms with van der Waals surface area (Å²) in [5.74, 6) is -0.253. The molecule has 1 aliphatic rings. The number of H-pyrrole nitrogens is 1. The van der Waals surface area contributed by atoms with Gasteiger partial charge in [-0.05, 0) is 25.5 Å². The number of piperazine rings is 1. The molecule has 23 heavy (non-hydrogen) atoms. The minimum absolute atomic E-state index is 0.0236. The van der Waals surface area contributed by atoms with Crippen LogP contribution in [0.25, 0.3) is 0 Å². The molecule has 6 nitrogen and oxygen atoms in total. The molecule has 0 spiro atoms. The third kappa shape index (κ3) is 2.97. The number of nitrogens with one attached hydrogen (secondary N) is 1. The number of aromatic nitrogens is 2. The summed E-state index contributed by atoms with van der Waals surface area (Å²) in [6, 6.07) is 8.27. The van der Waals surface area contributed by atoms with E-state index >= 15 is 0 Å². The second-order valence-corrected chi connectivity index (χ2v) is 5.87. The number of hydrogen-bond donors (Lipinski definition) is 1. The lowest BCUT2D eigenvalue weighted by Crippen LogP contribution is -2.54. The van der Waals surface area contributed by atoms with Gasteiger partial charge in [0, 0.05) is 37.6 Å². The topological polar surface area (TPSA) is 69.3 Å². The highest BCUT2D eigenvalue weighted by molar-refractivity contribution is 5.93. The Hall–Kier alpha value is -2.63. The van der Waals surface area contributed by atoms with E-state index in [2.05, 4.69) is 33.9 Å². The van der Waals surface area contributed by atoms with Crippen molar-refractivity contribution in [2.24, 2.45) is 0 Å². The average molecular weight is 312 g/mol. The first-order valence-electron chi connectivity index (χ1n) is 7.72. The van der Waals surface area contributed by atoms with Gasteiger partial charge >= 0.3 is 0 Å². The van der Waals surface area contributed by atoms with E-state index in [0.717, 1.165) is 13.1 Å². The average Bonchev–Trinajstić information content (AvgIpc) is 2.55. The Bertz CT molecular complexity index is 771. The molecule has 1 aliphatic heterocycles. The summed E-state index contributed by atoms with van der Waals surface area (Å²) < 4.78 is 0. The molecule has 2 heterocycles. The lowest BCUT2D eigenvalue weighted by Gasteiger charge is -2.41. The van der Waals surface area contributed by atoms with E-state index in [9.17, 15) is 9.59 Å². The number of aromatic amines is 1. The maximum Gasteiger partial charge on any atom is 0.263 e. The summed E-state index contributed by atoms with van der Waals surface area (Å²) in [5.41, 5.74) is 2.14. The van der Waals surface area contributed by atoms with Gasteiger partial charge in [-0.25, -0.2) is 4.98 Å². The lowest BCUT2D eigenvalue weighted by molar-refractivity contribution is 0.0671. The molecular formula is C17H20N4O2. The second kappa shape index (κ2) is 6.24. The predicted molar refractivity (Wildman–Crippen MR) is 88.7 cm³/mol. The van der Waals surface area contributed by atoms with Crippen LogP contribution in [0.4, 0.5) is 5.69 Å². The lowest BCUT2D eigenvalue weighted by atomic mass is 10.1. The number of amides is 1. The van der Waals surface area contributed by atoms with Crippen molar-refractivity contribution in [1.29, 1.82) is 0 Å². The minimum Gasteiger partial charge on any atom is -0.367 e. The molecule has 1 N–H and O–H groups in total. The maximum absolute atomic E-state index is 12.6. The number of carbonyl (C=O) groups excluding carboxylic acids is 1. The van der Waals surface area contributed by atoms with Gasteiger partial charge in [0.15, 0.2) is 0 Å². The van der Waals surface area contributed by atoms with E-state index in [4.69, 9.17) is 0 Å². The normalized spacial score (nSPS) is 18.1. The summed E-state index contributed by atoms with van der Waals surface area (Å²) in [6.45, 7) is 6.18. The first-order chi connectivity index (χ1) is 11.1. The van der Waals surface area contributed by atoms with Crippen LogP contribution in [0.1, 0.15) is 22.8 Å². The third-order valence-electron chi connectivity index (χ3n) is 4.29. The van der Waals surface area contributed by atoms with Crippen molar-refractivity contribution in [2.75, 3.05) is 24.5 Å². The summed E-state index contributed by atoms with van der Waals surface area (Å²) in [6.07, 6.45) is 2.63. The molecule has 3 rings (SSSR count). The molecule has 0 saturated carbocycles. The summed E-state index contributed by atoms with van der Waals surface area (Å²) >= 11 is 0. The fraction of sp³-hybridized carbons (Fsp3) is 0.353. The van der Waals surface area contributed by atoms with Crippen molar-refractivity contribution in [3.8, 4) is 0 Å². The number of carbonyl (C=O) groups is 1. The molecular weight excluding hydrogens is 292 g/mol. The molecule has 6 heteroatoms. The van der Waals surface area contributed by atoms with Crippen molar-refractivity contribution in [2.45, 2.75) is 19.9 Å². The minimum atomic E-state index is -0.390. The van der Waals surface area contributed by atoms with Crippen molar-refractivity contribution in [3.05, 3.63) is 58.3 Å². The fourth-order valence-electron chi connectivity index (χ4n) is 3.05. The molecule has 2 aromatic rings. The molecule has 1 atom stereocenters. The van der Waals surface area contributed by atoms with Gasteiger partial charge < -0.3 is 14.8 Å². The van der Waals surface area contributed by atoms with Crippen LogP contribution in [-0.2, 0) is 0 Å². The van der Waals surface area contributed by atoms with Gasteiger partial charge in [-0.3, -0.25) is 9.59 Å². The van der Waals surface area contributed by atoms with E-state index in [1.54, 1.807) is 4.90 Å². The molecule has 1 saturated heterocycles. The molecule has 1 fully saturated rings. The van der Waals surface area contributed by atoms with Crippen LogP contribution in [0, 0.1) is 6.92 Å². The molecule has 1 aromatic carbocycles. The van der Waals surface area contributed by atoms with E-state index in [0.29, 0.717) is 6.54 Å². The van der Waals surface area contributed by atoms with Crippen molar-refractivity contribution in [1.82, 2.24) is 14.9 Å². The summed E-state index contributed by atoms with van der Waals surface area (Å²) in [7, 11) is 0. The number of nitrogens with zero attached hydrogens (tertiary/aromatic N) is 3. The quantitative estimate of drug-likeness (QED) is 0.911. The molecule has 1 aromatic heterocycles. The van der Waals surface area contributed by atoms with Crippen LogP contribution in [0.2, 0.25) is 0 Å². The van der Waals surface area contributed by atoms with E-state index in [-0.39, 0.29) is 17.5 Å². The number of hydrogen-bond acceptors (Lipinski definition) is 4. The van der Waals surface area contributed by atoms with E-state index < -0.39 is 5.56 Å². The standard InChI is InChI=1S/C17H20N4O2/c1-12-5-3-4-6-15(12)20-7-8-21(13(2)10-20)17(23)14-9-18-11-19-16(14)22/h3-6,9,11,13H,7-8,10H2,1-2H3,(H,18,19,22)/t13-/m0/s1. The van der Waals surface area contributed by atoms with Crippen molar-refractivity contribution < 1.29 is 4.79 Å². The molecule has 0 aliphatic carbocycles. The van der Waals surface area contributed by atoms with Crippen LogP contribution >= 0.6 is 0 Å². The Morgan fingerprint density at radius 1 is 1.30 bits per heavy atom. The molecule has 0 bridgehead atoms. The molecule has 1 amide bonds. The van der Waals surface area contributed by atoms with Crippen molar-refractivity contribution >= 4 is 11.6 Å². The predicted octanol–water partition coefficient (Wildman–Crippen LogP) is 1.43. The van der Waals surface area contributed by atoms with Crippen LogP contribution in [0.5, 0.6) is 0 Å². The first kappa shape index (κ1) is 15.3. The maximum atomic E-state index is 12.6. The fourth-order valence-corrected chi connectivity index (χ4v) is 3.05. The second-order valence-electron chi connectivity index (χ2n) is 5.87. The number of para-hydroxylation sites is 1. The van der Waals surface area contributed by atoms with Gasteiger partial charge in [0.1, 0.15) is 5.56 Å². The molecule has 0 radical (unpaired) electrons. The van der Waals surface area contributed by atoms with Gasteiger partial charge in [-0.15, -0.1) is 0 Å². The smallest absolute Gasteiger partial charge is 0.263 e.